The molecule has 1 aliphatic rings. The number of ether oxygens (including phenoxy) is 1. The molecular formula is C28H24N2O4S2. The molecule has 0 atom stereocenters. The van der Waals surface area contributed by atoms with Crippen molar-refractivity contribution in [2.24, 2.45) is 0 Å². The first-order chi connectivity index (χ1) is 17.4. The molecule has 1 N–H and O–H groups in total. The summed E-state index contributed by atoms with van der Waals surface area (Å²) in [7, 11) is 1.33. The molecule has 0 aliphatic carbocycles. The van der Waals surface area contributed by atoms with Crippen LogP contribution in [0.15, 0.2) is 83.8 Å². The minimum atomic E-state index is -0.416. The van der Waals surface area contributed by atoms with Crippen LogP contribution in [-0.2, 0) is 14.3 Å². The van der Waals surface area contributed by atoms with Gasteiger partial charge in [0.1, 0.15) is 4.32 Å². The average molecular weight is 517 g/mol. The van der Waals surface area contributed by atoms with Crippen molar-refractivity contribution in [1.82, 2.24) is 4.90 Å². The highest BCUT2D eigenvalue weighted by Crippen LogP contribution is 2.32. The largest absolute Gasteiger partial charge is 0.465 e. The van der Waals surface area contributed by atoms with Gasteiger partial charge < -0.3 is 10.1 Å². The number of rotatable bonds is 8. The van der Waals surface area contributed by atoms with Gasteiger partial charge in [0.2, 0.25) is 5.91 Å². The van der Waals surface area contributed by atoms with Crippen LogP contribution in [0.3, 0.4) is 0 Å². The highest BCUT2D eigenvalue weighted by molar-refractivity contribution is 8.26. The summed E-state index contributed by atoms with van der Waals surface area (Å²) in [5.74, 6) is -0.714. The Hall–Kier alpha value is -3.75. The first-order valence-electron chi connectivity index (χ1n) is 11.3. The second-order valence-corrected chi connectivity index (χ2v) is 9.72. The summed E-state index contributed by atoms with van der Waals surface area (Å²) in [6, 6.07) is 24.5. The maximum absolute atomic E-state index is 12.8. The number of amides is 2. The average Bonchev–Trinajstić information content (AvgIpc) is 3.17. The molecule has 36 heavy (non-hydrogen) atoms. The molecule has 3 aromatic carbocycles. The molecule has 0 aromatic heterocycles. The molecule has 0 unspecified atom stereocenters. The number of hydrogen-bond donors (Lipinski definition) is 1. The molecule has 0 radical (unpaired) electrons. The van der Waals surface area contributed by atoms with Gasteiger partial charge >= 0.3 is 5.97 Å². The number of hydrogen-bond acceptors (Lipinski definition) is 6. The van der Waals surface area contributed by atoms with Crippen molar-refractivity contribution in [3.8, 4) is 11.1 Å². The zero-order chi connectivity index (χ0) is 25.5. The molecule has 6 nitrogen and oxygen atoms in total. The summed E-state index contributed by atoms with van der Waals surface area (Å²) in [4.78, 5) is 38.9. The van der Waals surface area contributed by atoms with Crippen LogP contribution in [0.4, 0.5) is 5.69 Å². The van der Waals surface area contributed by atoms with E-state index in [4.69, 9.17) is 17.0 Å². The third-order valence-electron chi connectivity index (χ3n) is 5.56. The Morgan fingerprint density at radius 3 is 2.31 bits per heavy atom. The van der Waals surface area contributed by atoms with Crippen LogP contribution in [0.1, 0.15) is 28.8 Å². The summed E-state index contributed by atoms with van der Waals surface area (Å²) >= 11 is 6.61. The fourth-order valence-corrected chi connectivity index (χ4v) is 4.98. The van der Waals surface area contributed by atoms with E-state index in [0.29, 0.717) is 27.8 Å². The van der Waals surface area contributed by atoms with Gasteiger partial charge in [-0.15, -0.1) is 0 Å². The smallest absolute Gasteiger partial charge is 0.337 e. The van der Waals surface area contributed by atoms with Gasteiger partial charge in [0, 0.05) is 18.7 Å². The third-order valence-corrected chi connectivity index (χ3v) is 6.94. The van der Waals surface area contributed by atoms with Gasteiger partial charge in [-0.3, -0.25) is 14.5 Å². The number of esters is 1. The number of benzene rings is 3. The van der Waals surface area contributed by atoms with Crippen LogP contribution >= 0.6 is 24.0 Å². The molecule has 1 fully saturated rings. The van der Waals surface area contributed by atoms with Crippen LogP contribution in [0.2, 0.25) is 0 Å². The van der Waals surface area contributed by atoms with Gasteiger partial charge in [-0.25, -0.2) is 4.79 Å². The van der Waals surface area contributed by atoms with E-state index in [1.54, 1.807) is 30.3 Å². The fourth-order valence-electron chi connectivity index (χ4n) is 3.68. The van der Waals surface area contributed by atoms with Gasteiger partial charge in [0.25, 0.3) is 5.91 Å². The van der Waals surface area contributed by atoms with Gasteiger partial charge in [-0.2, -0.15) is 0 Å². The fraction of sp³-hybridized carbons (Fsp3) is 0.143. The van der Waals surface area contributed by atoms with Crippen LogP contribution in [0.25, 0.3) is 17.2 Å². The number of thiocarbonyl (C=S) groups is 1. The lowest BCUT2D eigenvalue weighted by atomic mass is 10.1. The van der Waals surface area contributed by atoms with E-state index in [0.717, 1.165) is 22.4 Å². The Kier molecular flexibility index (Phi) is 8.30. The van der Waals surface area contributed by atoms with Gasteiger partial charge in [-0.1, -0.05) is 78.6 Å². The highest BCUT2D eigenvalue weighted by Gasteiger charge is 2.31. The summed E-state index contributed by atoms with van der Waals surface area (Å²) in [5, 5.41) is 2.90. The standard InChI is InChI=1S/C28H24N2O4S2/c1-34-27(33)22-11-9-19(10-12-22)18-24-26(32)30(28(35)36-24)17-5-8-25(31)29-23-15-13-21(14-16-23)20-6-3-2-4-7-20/h2-4,6-7,9-16,18H,5,8,17H2,1H3,(H,29,31)/b24-18-. The molecule has 182 valence electrons. The number of nitrogens with one attached hydrogen (secondary N) is 1. The van der Waals surface area contributed by atoms with Gasteiger partial charge in [0.05, 0.1) is 17.6 Å². The molecule has 1 heterocycles. The summed E-state index contributed by atoms with van der Waals surface area (Å²) in [6.45, 7) is 0.365. The lowest BCUT2D eigenvalue weighted by Crippen LogP contribution is -2.29. The molecule has 0 spiro atoms. The molecular weight excluding hydrogens is 492 g/mol. The number of methoxy groups -OCH3 is 1. The van der Waals surface area contributed by atoms with E-state index in [-0.39, 0.29) is 18.2 Å². The van der Waals surface area contributed by atoms with E-state index in [1.807, 2.05) is 54.6 Å². The van der Waals surface area contributed by atoms with Crippen molar-refractivity contribution in [2.75, 3.05) is 19.0 Å². The Bertz CT molecular complexity index is 1300. The zero-order valence-corrected chi connectivity index (χ0v) is 21.2. The first-order valence-corrected chi connectivity index (χ1v) is 12.6. The molecule has 0 saturated carbocycles. The van der Waals surface area contributed by atoms with Gasteiger partial charge in [-0.05, 0) is 53.5 Å². The maximum Gasteiger partial charge on any atom is 0.337 e. The second kappa shape index (κ2) is 11.8. The number of carbonyl (C=O) groups excluding carboxylic acids is 3. The predicted molar refractivity (Wildman–Crippen MR) is 147 cm³/mol. The van der Waals surface area contributed by atoms with Crippen molar-refractivity contribution < 1.29 is 19.1 Å². The zero-order valence-electron chi connectivity index (χ0n) is 19.6. The van der Waals surface area contributed by atoms with Crippen molar-refractivity contribution in [1.29, 1.82) is 0 Å². The minimum absolute atomic E-state index is 0.117. The number of thioether (sulfide) groups is 1. The highest BCUT2D eigenvalue weighted by atomic mass is 32.2. The predicted octanol–water partition coefficient (Wildman–Crippen LogP) is 5.76. The summed E-state index contributed by atoms with van der Waals surface area (Å²) in [6.07, 6.45) is 2.50. The van der Waals surface area contributed by atoms with E-state index >= 15 is 0 Å². The summed E-state index contributed by atoms with van der Waals surface area (Å²) < 4.78 is 5.17. The molecule has 0 bridgehead atoms. The van der Waals surface area contributed by atoms with Crippen molar-refractivity contribution >= 4 is 57.8 Å². The van der Waals surface area contributed by atoms with Crippen LogP contribution in [0, 0.1) is 0 Å². The first kappa shape index (κ1) is 25.3. The van der Waals surface area contributed by atoms with E-state index in [9.17, 15) is 14.4 Å². The van der Waals surface area contributed by atoms with E-state index < -0.39 is 5.97 Å². The molecule has 8 heteroatoms. The Labute approximate surface area is 219 Å². The SMILES string of the molecule is COC(=O)c1ccc(/C=C2\SC(=S)N(CCCC(=O)Nc3ccc(-c4ccccc4)cc3)C2=O)cc1. The monoisotopic (exact) mass is 516 g/mol. The molecule has 3 aromatic rings. The Morgan fingerprint density at radius 2 is 1.64 bits per heavy atom. The number of carbonyl (C=O) groups is 3. The Morgan fingerprint density at radius 1 is 0.972 bits per heavy atom. The van der Waals surface area contributed by atoms with Crippen LogP contribution in [0.5, 0.6) is 0 Å². The normalized spacial score (nSPS) is 14.2. The lowest BCUT2D eigenvalue weighted by Gasteiger charge is -2.14. The third kappa shape index (κ3) is 6.27. The van der Waals surface area contributed by atoms with Gasteiger partial charge in [0.15, 0.2) is 0 Å². The van der Waals surface area contributed by atoms with Crippen molar-refractivity contribution in [2.45, 2.75) is 12.8 Å². The Balaban J connectivity index is 1.27. The van der Waals surface area contributed by atoms with Crippen molar-refractivity contribution in [3.63, 3.8) is 0 Å². The van der Waals surface area contributed by atoms with E-state index in [1.165, 1.54) is 23.8 Å². The van der Waals surface area contributed by atoms with Crippen LogP contribution < -0.4 is 5.32 Å². The quantitative estimate of drug-likeness (QED) is 0.233. The second-order valence-electron chi connectivity index (χ2n) is 8.04. The molecule has 4 rings (SSSR count). The van der Waals surface area contributed by atoms with E-state index in [2.05, 4.69) is 5.32 Å². The van der Waals surface area contributed by atoms with Crippen molar-refractivity contribution in [3.05, 3.63) is 94.9 Å². The molecule has 1 saturated heterocycles. The molecule has 1 aliphatic heterocycles. The topological polar surface area (TPSA) is 75.7 Å². The molecule has 2 amide bonds. The number of anilines is 1. The maximum atomic E-state index is 12.8. The lowest BCUT2D eigenvalue weighted by molar-refractivity contribution is -0.122. The number of nitrogens with zero attached hydrogens (tertiary/aromatic N) is 1. The minimum Gasteiger partial charge on any atom is -0.465 e. The van der Waals surface area contributed by atoms with Crippen LogP contribution in [-0.4, -0.2) is 40.7 Å². The summed E-state index contributed by atoms with van der Waals surface area (Å²) in [5.41, 5.74) is 4.14.